The Morgan fingerprint density at radius 2 is 1.76 bits per heavy atom. The number of nitrogens with one attached hydrogen (secondary N) is 1. The third-order valence-corrected chi connectivity index (χ3v) is 6.00. The van der Waals surface area contributed by atoms with Gasteiger partial charge in [-0.3, -0.25) is 14.2 Å². The molecule has 0 saturated heterocycles. The average molecular weight is 458 g/mol. The van der Waals surface area contributed by atoms with Crippen LogP contribution in [0.2, 0.25) is 0 Å². The van der Waals surface area contributed by atoms with Crippen molar-refractivity contribution in [2.75, 3.05) is 12.9 Å². The van der Waals surface area contributed by atoms with E-state index in [4.69, 9.17) is 4.74 Å². The minimum atomic E-state index is -0.148. The van der Waals surface area contributed by atoms with Crippen LogP contribution in [0.1, 0.15) is 26.3 Å². The van der Waals surface area contributed by atoms with Crippen molar-refractivity contribution in [3.05, 3.63) is 108 Å². The van der Waals surface area contributed by atoms with Crippen LogP contribution in [-0.4, -0.2) is 34.1 Å². The molecule has 0 unspecified atom stereocenters. The highest BCUT2D eigenvalue weighted by atomic mass is 32.2. The van der Waals surface area contributed by atoms with E-state index in [9.17, 15) is 9.59 Å². The van der Waals surface area contributed by atoms with Crippen LogP contribution in [0.5, 0.6) is 5.75 Å². The van der Waals surface area contributed by atoms with E-state index in [1.54, 1.807) is 43.6 Å². The fourth-order valence-electron chi connectivity index (χ4n) is 3.26. The predicted octanol–water partition coefficient (Wildman–Crippen LogP) is 4.79. The van der Waals surface area contributed by atoms with Crippen molar-refractivity contribution in [2.45, 2.75) is 11.7 Å². The first-order valence-electron chi connectivity index (χ1n) is 10.4. The van der Waals surface area contributed by atoms with Gasteiger partial charge in [-0.15, -0.1) is 0 Å². The summed E-state index contributed by atoms with van der Waals surface area (Å²) >= 11 is 1.35. The Balaban J connectivity index is 1.42. The number of nitrogens with zero attached hydrogens (tertiary/aromatic N) is 2. The zero-order valence-corrected chi connectivity index (χ0v) is 18.9. The third-order valence-electron chi connectivity index (χ3n) is 5.03. The Morgan fingerprint density at radius 1 is 0.970 bits per heavy atom. The maximum atomic E-state index is 12.6. The van der Waals surface area contributed by atoms with E-state index >= 15 is 0 Å². The molecule has 33 heavy (non-hydrogen) atoms. The second kappa shape index (κ2) is 10.7. The zero-order chi connectivity index (χ0) is 23.0. The maximum Gasteiger partial charge on any atom is 0.251 e. The summed E-state index contributed by atoms with van der Waals surface area (Å²) in [6, 6.07) is 24.2. The number of aromatic nitrogens is 2. The van der Waals surface area contributed by atoms with Crippen molar-refractivity contribution in [1.29, 1.82) is 0 Å². The minimum absolute atomic E-state index is 0.00578. The normalized spacial score (nSPS) is 10.6. The number of amides is 1. The van der Waals surface area contributed by atoms with E-state index in [2.05, 4.69) is 10.3 Å². The first-order valence-corrected chi connectivity index (χ1v) is 11.4. The van der Waals surface area contributed by atoms with Crippen molar-refractivity contribution >= 4 is 23.5 Å². The van der Waals surface area contributed by atoms with Gasteiger partial charge in [-0.1, -0.05) is 48.2 Å². The van der Waals surface area contributed by atoms with Gasteiger partial charge >= 0.3 is 0 Å². The number of ketones is 1. The third kappa shape index (κ3) is 5.70. The van der Waals surface area contributed by atoms with Crippen LogP contribution in [0.3, 0.4) is 0 Å². The van der Waals surface area contributed by atoms with Crippen molar-refractivity contribution in [3.8, 4) is 11.4 Å². The molecule has 1 aromatic heterocycles. The number of rotatable bonds is 9. The van der Waals surface area contributed by atoms with E-state index in [-0.39, 0.29) is 17.4 Å². The SMILES string of the molecule is COc1ccc(C(=O)CSc2nccn2-c2cccc(C(=O)NCc3ccccc3)c2)cc1. The molecule has 0 aliphatic heterocycles. The number of benzene rings is 3. The summed E-state index contributed by atoms with van der Waals surface area (Å²) in [6.45, 7) is 0.462. The average Bonchev–Trinajstić information content (AvgIpc) is 3.35. The topological polar surface area (TPSA) is 73.2 Å². The van der Waals surface area contributed by atoms with Gasteiger partial charge in [-0.05, 0) is 48.0 Å². The summed E-state index contributed by atoms with van der Waals surface area (Å²) in [7, 11) is 1.59. The highest BCUT2D eigenvalue weighted by molar-refractivity contribution is 7.99. The minimum Gasteiger partial charge on any atom is -0.497 e. The molecule has 0 atom stereocenters. The zero-order valence-electron chi connectivity index (χ0n) is 18.1. The van der Waals surface area contributed by atoms with Crippen molar-refractivity contribution < 1.29 is 14.3 Å². The quantitative estimate of drug-likeness (QED) is 0.289. The number of ether oxygens (including phenoxy) is 1. The lowest BCUT2D eigenvalue weighted by molar-refractivity contribution is 0.0950. The lowest BCUT2D eigenvalue weighted by atomic mass is 10.1. The summed E-state index contributed by atoms with van der Waals surface area (Å²) < 4.78 is 7.01. The molecule has 7 heteroatoms. The molecule has 1 N–H and O–H groups in total. The standard InChI is InChI=1S/C26H23N3O3S/c1-32-23-12-10-20(11-13-23)24(30)18-33-26-27-14-15-29(26)22-9-5-8-21(16-22)25(31)28-17-19-6-3-2-4-7-19/h2-16H,17-18H2,1H3,(H,28,31). The molecule has 0 aliphatic rings. The molecule has 1 amide bonds. The summed E-state index contributed by atoms with van der Waals surface area (Å²) in [5, 5.41) is 3.63. The van der Waals surface area contributed by atoms with Gasteiger partial charge in [-0.25, -0.2) is 4.98 Å². The summed E-state index contributed by atoms with van der Waals surface area (Å²) in [5.41, 5.74) is 3.02. The number of imidazole rings is 1. The highest BCUT2D eigenvalue weighted by Crippen LogP contribution is 2.23. The van der Waals surface area contributed by atoms with E-state index < -0.39 is 0 Å². The molecular formula is C26H23N3O3S. The number of carbonyl (C=O) groups is 2. The van der Waals surface area contributed by atoms with E-state index in [1.807, 2.05) is 59.3 Å². The fraction of sp³-hybridized carbons (Fsp3) is 0.115. The number of Topliss-reactive ketones (excluding diaryl/α,β-unsaturated/α-hetero) is 1. The first kappa shape index (κ1) is 22.4. The van der Waals surface area contributed by atoms with Gasteiger partial charge in [0.05, 0.1) is 12.9 Å². The van der Waals surface area contributed by atoms with Gasteiger partial charge in [0.25, 0.3) is 5.91 Å². The monoisotopic (exact) mass is 457 g/mol. The van der Waals surface area contributed by atoms with Crippen LogP contribution in [0.25, 0.3) is 5.69 Å². The molecule has 4 aromatic rings. The second-order valence-electron chi connectivity index (χ2n) is 7.24. The molecule has 166 valence electrons. The molecule has 6 nitrogen and oxygen atoms in total. The molecule has 4 rings (SSSR count). The van der Waals surface area contributed by atoms with Gasteiger partial charge in [0.2, 0.25) is 0 Å². The Labute approximate surface area is 196 Å². The van der Waals surface area contributed by atoms with Crippen LogP contribution < -0.4 is 10.1 Å². The van der Waals surface area contributed by atoms with Gasteiger partial charge in [-0.2, -0.15) is 0 Å². The summed E-state index contributed by atoms with van der Waals surface area (Å²) in [5.74, 6) is 0.819. The second-order valence-corrected chi connectivity index (χ2v) is 8.18. The van der Waals surface area contributed by atoms with E-state index in [0.717, 1.165) is 11.3 Å². The van der Waals surface area contributed by atoms with Crippen LogP contribution >= 0.6 is 11.8 Å². The van der Waals surface area contributed by atoms with Gasteiger partial charge < -0.3 is 10.1 Å². The number of carbonyl (C=O) groups excluding carboxylic acids is 2. The molecule has 0 aliphatic carbocycles. The lowest BCUT2D eigenvalue weighted by Gasteiger charge is -2.10. The van der Waals surface area contributed by atoms with Crippen LogP contribution in [0.15, 0.2) is 96.4 Å². The smallest absolute Gasteiger partial charge is 0.251 e. The molecule has 1 heterocycles. The molecule has 0 saturated carbocycles. The van der Waals surface area contributed by atoms with Crippen molar-refractivity contribution in [2.24, 2.45) is 0 Å². The molecular weight excluding hydrogens is 434 g/mol. The number of hydrogen-bond donors (Lipinski definition) is 1. The number of thioether (sulfide) groups is 1. The predicted molar refractivity (Wildman–Crippen MR) is 129 cm³/mol. The molecule has 0 fully saturated rings. The summed E-state index contributed by atoms with van der Waals surface area (Å²) in [6.07, 6.45) is 3.50. The largest absolute Gasteiger partial charge is 0.497 e. The van der Waals surface area contributed by atoms with Crippen molar-refractivity contribution in [1.82, 2.24) is 14.9 Å². The van der Waals surface area contributed by atoms with Gasteiger partial charge in [0, 0.05) is 35.8 Å². The molecule has 0 bridgehead atoms. The lowest BCUT2D eigenvalue weighted by Crippen LogP contribution is -2.22. The van der Waals surface area contributed by atoms with Gasteiger partial charge in [0.1, 0.15) is 5.75 Å². The molecule has 0 radical (unpaired) electrons. The highest BCUT2D eigenvalue weighted by Gasteiger charge is 2.13. The number of hydrogen-bond acceptors (Lipinski definition) is 5. The van der Waals surface area contributed by atoms with Crippen molar-refractivity contribution in [3.63, 3.8) is 0 Å². The van der Waals surface area contributed by atoms with Crippen LogP contribution in [-0.2, 0) is 6.54 Å². The van der Waals surface area contributed by atoms with E-state index in [1.165, 1.54) is 11.8 Å². The van der Waals surface area contributed by atoms with Gasteiger partial charge in [0.15, 0.2) is 10.9 Å². The Morgan fingerprint density at radius 3 is 2.52 bits per heavy atom. The summed E-state index contributed by atoms with van der Waals surface area (Å²) in [4.78, 5) is 29.6. The first-order chi connectivity index (χ1) is 16.1. The Kier molecular flexibility index (Phi) is 7.22. The Hall–Kier alpha value is -3.84. The Bertz CT molecular complexity index is 1240. The van der Waals surface area contributed by atoms with Crippen LogP contribution in [0, 0.1) is 0 Å². The van der Waals surface area contributed by atoms with Crippen LogP contribution in [0.4, 0.5) is 0 Å². The van der Waals surface area contributed by atoms with E-state index in [0.29, 0.717) is 28.6 Å². The molecule has 0 spiro atoms. The fourth-order valence-corrected chi connectivity index (χ4v) is 4.13. The maximum absolute atomic E-state index is 12.6. The number of methoxy groups -OCH3 is 1. The molecule has 3 aromatic carbocycles.